The quantitative estimate of drug-likeness (QED) is 0.244. The lowest BCUT2D eigenvalue weighted by Crippen LogP contribution is -2.43. The van der Waals surface area contributed by atoms with Gasteiger partial charge >= 0.3 is 5.97 Å². The lowest BCUT2D eigenvalue weighted by molar-refractivity contribution is -0.149. The van der Waals surface area contributed by atoms with Crippen LogP contribution < -0.4 is 20.9 Å². The molecule has 0 aromatic heterocycles. The van der Waals surface area contributed by atoms with Crippen LogP contribution in [0, 0.1) is 0 Å². The fourth-order valence-corrected chi connectivity index (χ4v) is 3.36. The standard InChI is InChI=1S/C25H20Cl3N3O6/c26-16-3-1-15(2-4-16)25(35)31-30-23(33)14-36-24(34)12-11-22(32)29-18-6-8-19(9-7-18)37-21-10-5-17(27)13-20(21)28/h1-10,13H,11-12,14H2,(H,29,32)(H,30,33)(H,31,35). The zero-order valence-corrected chi connectivity index (χ0v) is 21.3. The molecule has 0 fully saturated rings. The molecule has 0 aliphatic rings. The van der Waals surface area contributed by atoms with E-state index < -0.39 is 30.3 Å². The Hall–Kier alpha value is -3.79. The number of rotatable bonds is 9. The van der Waals surface area contributed by atoms with Crippen molar-refractivity contribution in [1.82, 2.24) is 10.9 Å². The number of halogens is 3. The van der Waals surface area contributed by atoms with E-state index in [0.717, 1.165) is 0 Å². The monoisotopic (exact) mass is 563 g/mol. The first kappa shape index (κ1) is 27.8. The predicted molar refractivity (Wildman–Crippen MR) is 139 cm³/mol. The molecule has 0 saturated heterocycles. The van der Waals surface area contributed by atoms with Crippen LogP contribution in [0.3, 0.4) is 0 Å². The van der Waals surface area contributed by atoms with Crippen molar-refractivity contribution in [3.63, 3.8) is 0 Å². The van der Waals surface area contributed by atoms with Gasteiger partial charge in [0.2, 0.25) is 5.91 Å². The number of esters is 1. The molecule has 12 heteroatoms. The first-order valence-electron chi connectivity index (χ1n) is 10.7. The molecule has 3 amide bonds. The highest BCUT2D eigenvalue weighted by Gasteiger charge is 2.12. The number of carbonyl (C=O) groups is 4. The van der Waals surface area contributed by atoms with Gasteiger partial charge in [-0.05, 0) is 66.7 Å². The van der Waals surface area contributed by atoms with E-state index in [1.807, 2.05) is 0 Å². The second kappa shape index (κ2) is 13.5. The number of carbonyl (C=O) groups excluding carboxylic acids is 4. The van der Waals surface area contributed by atoms with Gasteiger partial charge in [0.15, 0.2) is 6.61 Å². The number of hydrogen-bond donors (Lipinski definition) is 3. The number of anilines is 1. The average molecular weight is 565 g/mol. The molecule has 0 radical (unpaired) electrons. The van der Waals surface area contributed by atoms with Crippen molar-refractivity contribution in [3.05, 3.63) is 87.4 Å². The third-order valence-corrected chi connectivity index (χ3v) is 5.38. The van der Waals surface area contributed by atoms with Crippen molar-refractivity contribution in [1.29, 1.82) is 0 Å². The molecular formula is C25H20Cl3N3O6. The molecule has 0 saturated carbocycles. The van der Waals surface area contributed by atoms with E-state index in [9.17, 15) is 19.2 Å². The second-order valence-electron chi connectivity index (χ2n) is 7.42. The molecule has 0 atom stereocenters. The van der Waals surface area contributed by atoms with Crippen LogP contribution in [0.4, 0.5) is 5.69 Å². The number of ether oxygens (including phenoxy) is 2. The maximum Gasteiger partial charge on any atom is 0.306 e. The molecule has 3 N–H and O–H groups in total. The summed E-state index contributed by atoms with van der Waals surface area (Å²) in [7, 11) is 0. The summed E-state index contributed by atoms with van der Waals surface area (Å²) in [6.07, 6.45) is -0.404. The highest BCUT2D eigenvalue weighted by atomic mass is 35.5. The molecule has 9 nitrogen and oxygen atoms in total. The number of amides is 3. The molecule has 0 heterocycles. The van der Waals surface area contributed by atoms with Crippen LogP contribution in [0.1, 0.15) is 23.2 Å². The third kappa shape index (κ3) is 9.30. The number of benzene rings is 3. The van der Waals surface area contributed by atoms with E-state index >= 15 is 0 Å². The molecular weight excluding hydrogens is 545 g/mol. The van der Waals surface area contributed by atoms with Gasteiger partial charge < -0.3 is 14.8 Å². The highest BCUT2D eigenvalue weighted by molar-refractivity contribution is 6.35. The number of nitrogens with one attached hydrogen (secondary N) is 3. The zero-order chi connectivity index (χ0) is 26.8. The van der Waals surface area contributed by atoms with Crippen LogP contribution in [0.2, 0.25) is 15.1 Å². The Kier molecular flexibility index (Phi) is 10.1. The molecule has 37 heavy (non-hydrogen) atoms. The summed E-state index contributed by atoms with van der Waals surface area (Å²) >= 11 is 17.7. The lowest BCUT2D eigenvalue weighted by Gasteiger charge is -2.10. The third-order valence-electron chi connectivity index (χ3n) is 4.60. The van der Waals surface area contributed by atoms with Crippen molar-refractivity contribution >= 4 is 64.2 Å². The highest BCUT2D eigenvalue weighted by Crippen LogP contribution is 2.32. The summed E-state index contributed by atoms with van der Waals surface area (Å²) in [6, 6.07) is 17.4. The van der Waals surface area contributed by atoms with Crippen molar-refractivity contribution in [2.45, 2.75) is 12.8 Å². The van der Waals surface area contributed by atoms with Gasteiger partial charge in [-0.1, -0.05) is 34.8 Å². The Labute approximate surface area is 227 Å². The largest absolute Gasteiger partial charge is 0.456 e. The fourth-order valence-electron chi connectivity index (χ4n) is 2.78. The van der Waals surface area contributed by atoms with Gasteiger partial charge in [0.1, 0.15) is 11.5 Å². The van der Waals surface area contributed by atoms with E-state index in [2.05, 4.69) is 16.2 Å². The SMILES string of the molecule is O=C(COC(=O)CCC(=O)Nc1ccc(Oc2ccc(Cl)cc2Cl)cc1)NNC(=O)c1ccc(Cl)cc1. The maximum atomic E-state index is 12.1. The van der Waals surface area contributed by atoms with Gasteiger partial charge in [0.05, 0.1) is 11.4 Å². The minimum atomic E-state index is -0.752. The van der Waals surface area contributed by atoms with Crippen LogP contribution in [0.5, 0.6) is 11.5 Å². The Balaban J connectivity index is 1.34. The fraction of sp³-hybridized carbons (Fsp3) is 0.120. The first-order valence-corrected chi connectivity index (χ1v) is 11.9. The van der Waals surface area contributed by atoms with E-state index in [0.29, 0.717) is 32.3 Å². The molecule has 3 aromatic carbocycles. The first-order chi connectivity index (χ1) is 17.7. The van der Waals surface area contributed by atoms with Crippen LogP contribution >= 0.6 is 34.8 Å². The van der Waals surface area contributed by atoms with E-state index in [1.165, 1.54) is 24.3 Å². The van der Waals surface area contributed by atoms with E-state index in [1.54, 1.807) is 42.5 Å². The molecule has 0 bridgehead atoms. The molecule has 192 valence electrons. The number of hydrazine groups is 1. The van der Waals surface area contributed by atoms with Crippen molar-refractivity contribution in [2.24, 2.45) is 0 Å². The van der Waals surface area contributed by atoms with Gasteiger partial charge in [-0.15, -0.1) is 0 Å². The van der Waals surface area contributed by atoms with Gasteiger partial charge in [-0.25, -0.2) is 0 Å². The maximum absolute atomic E-state index is 12.1. The summed E-state index contributed by atoms with van der Waals surface area (Å²) in [5.74, 6) is -1.57. The molecule has 0 aliphatic carbocycles. The lowest BCUT2D eigenvalue weighted by atomic mass is 10.2. The molecule has 0 spiro atoms. The molecule has 0 unspecified atom stereocenters. The van der Waals surface area contributed by atoms with Gasteiger partial charge in [-0.2, -0.15) is 0 Å². The molecule has 3 rings (SSSR count). The Morgan fingerprint density at radius 1 is 0.730 bits per heavy atom. The van der Waals surface area contributed by atoms with E-state index in [-0.39, 0.29) is 18.4 Å². The summed E-state index contributed by atoms with van der Waals surface area (Å²) in [5.41, 5.74) is 5.07. The van der Waals surface area contributed by atoms with E-state index in [4.69, 9.17) is 44.3 Å². The Morgan fingerprint density at radius 3 is 2.08 bits per heavy atom. The predicted octanol–water partition coefficient (Wildman–Crippen LogP) is 5.16. The minimum absolute atomic E-state index is 0.160. The number of hydrogen-bond acceptors (Lipinski definition) is 6. The summed E-state index contributed by atoms with van der Waals surface area (Å²) in [6.45, 7) is -0.625. The minimum Gasteiger partial charge on any atom is -0.456 e. The molecule has 3 aromatic rings. The van der Waals surface area contributed by atoms with Gasteiger partial charge in [0.25, 0.3) is 11.8 Å². The van der Waals surface area contributed by atoms with Crippen LogP contribution in [0.25, 0.3) is 0 Å². The van der Waals surface area contributed by atoms with Crippen LogP contribution in [0.15, 0.2) is 66.7 Å². The van der Waals surface area contributed by atoms with Crippen molar-refractivity contribution in [2.75, 3.05) is 11.9 Å². The summed E-state index contributed by atoms with van der Waals surface area (Å²) < 4.78 is 10.5. The van der Waals surface area contributed by atoms with Crippen LogP contribution in [-0.4, -0.2) is 30.3 Å². The smallest absolute Gasteiger partial charge is 0.306 e. The summed E-state index contributed by atoms with van der Waals surface area (Å²) in [4.78, 5) is 47.7. The normalized spacial score (nSPS) is 10.2. The average Bonchev–Trinajstić information content (AvgIpc) is 2.88. The zero-order valence-electron chi connectivity index (χ0n) is 19.1. The van der Waals surface area contributed by atoms with Crippen molar-refractivity contribution in [3.8, 4) is 11.5 Å². The van der Waals surface area contributed by atoms with Crippen molar-refractivity contribution < 1.29 is 28.7 Å². The topological polar surface area (TPSA) is 123 Å². The molecule has 0 aliphatic heterocycles. The van der Waals surface area contributed by atoms with Gasteiger partial charge in [-0.3, -0.25) is 30.0 Å². The van der Waals surface area contributed by atoms with Crippen LogP contribution in [-0.2, 0) is 19.1 Å². The summed E-state index contributed by atoms with van der Waals surface area (Å²) in [5, 5.41) is 3.95. The Bertz CT molecular complexity index is 1280. The second-order valence-corrected chi connectivity index (χ2v) is 8.70. The van der Waals surface area contributed by atoms with Gasteiger partial charge in [0, 0.05) is 27.7 Å². The Morgan fingerprint density at radius 2 is 1.41 bits per heavy atom.